The van der Waals surface area contributed by atoms with Gasteiger partial charge in [-0.05, 0) is 49.7 Å². The number of Topliss-reactive ketones (excluding diaryl/α,β-unsaturated/α-hetero) is 1. The van der Waals surface area contributed by atoms with E-state index in [9.17, 15) is 14.4 Å². The molecule has 2 aliphatic rings. The van der Waals surface area contributed by atoms with Crippen LogP contribution in [0.1, 0.15) is 43.4 Å². The number of nitrogens with zero attached hydrogens (tertiary/aromatic N) is 3. The molecule has 0 fully saturated rings. The highest BCUT2D eigenvalue weighted by Gasteiger charge is 2.54. The highest BCUT2D eigenvalue weighted by Crippen LogP contribution is 2.32. The van der Waals surface area contributed by atoms with Crippen LogP contribution in [0.15, 0.2) is 53.8 Å². The molecule has 0 saturated carbocycles. The first-order valence-corrected chi connectivity index (χ1v) is 9.64. The van der Waals surface area contributed by atoms with Gasteiger partial charge >= 0.3 is 0 Å². The minimum atomic E-state index is -2.07. The van der Waals surface area contributed by atoms with E-state index >= 15 is 0 Å². The molecule has 1 aliphatic heterocycles. The second kappa shape index (κ2) is 6.40. The van der Waals surface area contributed by atoms with Crippen LogP contribution in [0.25, 0.3) is 5.57 Å². The molecule has 152 valence electrons. The maximum Gasteiger partial charge on any atom is 0.257 e. The summed E-state index contributed by atoms with van der Waals surface area (Å²) in [5, 5.41) is 5.08. The highest BCUT2D eigenvalue weighted by atomic mass is 16.2. The zero-order valence-electron chi connectivity index (χ0n) is 16.8. The number of hydrogen-bond donors (Lipinski definition) is 2. The molecule has 0 spiro atoms. The Morgan fingerprint density at radius 2 is 1.87 bits per heavy atom. The lowest BCUT2D eigenvalue weighted by Gasteiger charge is -2.35. The first-order chi connectivity index (χ1) is 14.9. The highest BCUT2D eigenvalue weighted by molar-refractivity contribution is 6.30. The van der Waals surface area contributed by atoms with Crippen LogP contribution in [0.4, 0.5) is 0 Å². The SMILES string of the molecule is Cc1cccc(C2=c3c4c(C)ccc3=NNC2(C(N)=O)C(=O)c2ncccc2C4=O)n1. The summed E-state index contributed by atoms with van der Waals surface area (Å²) in [5.74, 6) is -2.07. The minimum Gasteiger partial charge on any atom is -0.367 e. The van der Waals surface area contributed by atoms with E-state index in [2.05, 4.69) is 20.5 Å². The Morgan fingerprint density at radius 3 is 2.61 bits per heavy atom. The molecule has 2 aromatic heterocycles. The predicted octanol–water partition coefficient (Wildman–Crippen LogP) is 0.0816. The number of aryl methyl sites for hydroxylation is 2. The van der Waals surface area contributed by atoms with Crippen LogP contribution in [-0.4, -0.2) is 33.0 Å². The third kappa shape index (κ3) is 2.41. The summed E-state index contributed by atoms with van der Waals surface area (Å²) < 4.78 is 0. The quantitative estimate of drug-likeness (QED) is 0.575. The molecule has 8 nitrogen and oxygen atoms in total. The monoisotopic (exact) mass is 411 g/mol. The summed E-state index contributed by atoms with van der Waals surface area (Å²) >= 11 is 0. The molecule has 8 heteroatoms. The van der Waals surface area contributed by atoms with Crippen molar-refractivity contribution >= 4 is 23.0 Å². The van der Waals surface area contributed by atoms with Crippen molar-refractivity contribution < 1.29 is 14.4 Å². The number of fused-ring (bicyclic) bond motifs is 2. The number of primary amides is 1. The van der Waals surface area contributed by atoms with Crippen molar-refractivity contribution in [2.24, 2.45) is 10.8 Å². The summed E-state index contributed by atoms with van der Waals surface area (Å²) in [4.78, 5) is 49.2. The van der Waals surface area contributed by atoms with Gasteiger partial charge in [0.05, 0.1) is 16.6 Å². The predicted molar refractivity (Wildman–Crippen MR) is 111 cm³/mol. The molecule has 5 rings (SSSR count). The van der Waals surface area contributed by atoms with Crippen LogP contribution in [-0.2, 0) is 4.79 Å². The normalized spacial score (nSPS) is 19.0. The van der Waals surface area contributed by atoms with Crippen molar-refractivity contribution in [3.05, 3.63) is 93.0 Å². The van der Waals surface area contributed by atoms with Crippen molar-refractivity contribution in [3.8, 4) is 0 Å². The first kappa shape index (κ1) is 18.8. The molecule has 2 bridgehead atoms. The van der Waals surface area contributed by atoms with Gasteiger partial charge < -0.3 is 5.73 Å². The molecule has 1 unspecified atom stereocenters. The smallest absolute Gasteiger partial charge is 0.257 e. The summed E-state index contributed by atoms with van der Waals surface area (Å²) in [7, 11) is 0. The molecule has 1 amide bonds. The number of ketones is 2. The third-order valence-corrected chi connectivity index (χ3v) is 5.71. The van der Waals surface area contributed by atoms with Crippen molar-refractivity contribution in [1.29, 1.82) is 0 Å². The fourth-order valence-corrected chi connectivity index (χ4v) is 4.26. The van der Waals surface area contributed by atoms with Crippen molar-refractivity contribution in [2.45, 2.75) is 19.4 Å². The molecule has 31 heavy (non-hydrogen) atoms. The molecule has 3 N–H and O–H groups in total. The Kier molecular flexibility index (Phi) is 3.88. The van der Waals surface area contributed by atoms with Crippen LogP contribution >= 0.6 is 0 Å². The second-order valence-corrected chi connectivity index (χ2v) is 7.59. The number of benzene rings is 1. The fraction of sp³-hybridized carbons (Fsp3) is 0.130. The topological polar surface area (TPSA) is 127 Å². The molecule has 0 radical (unpaired) electrons. The van der Waals surface area contributed by atoms with E-state index in [0.29, 0.717) is 33.1 Å². The molecule has 1 aromatic carbocycles. The molecule has 1 atom stereocenters. The van der Waals surface area contributed by atoms with E-state index in [-0.39, 0.29) is 22.6 Å². The summed E-state index contributed by atoms with van der Waals surface area (Å²) in [6.45, 7) is 3.59. The molecular weight excluding hydrogens is 394 g/mol. The lowest BCUT2D eigenvalue weighted by atomic mass is 9.75. The lowest BCUT2D eigenvalue weighted by Crippen LogP contribution is -2.66. The van der Waals surface area contributed by atoms with Gasteiger partial charge in [-0.1, -0.05) is 12.1 Å². The summed E-state index contributed by atoms with van der Waals surface area (Å²) in [6.07, 6.45) is 1.40. The van der Waals surface area contributed by atoms with Crippen molar-refractivity contribution in [2.75, 3.05) is 0 Å². The van der Waals surface area contributed by atoms with E-state index in [4.69, 9.17) is 5.73 Å². The van der Waals surface area contributed by atoms with Crippen LogP contribution in [0.5, 0.6) is 0 Å². The maximum absolute atomic E-state index is 13.8. The fourth-order valence-electron chi connectivity index (χ4n) is 4.26. The number of hydrogen-bond acceptors (Lipinski definition) is 7. The van der Waals surface area contributed by atoms with Gasteiger partial charge in [-0.15, -0.1) is 0 Å². The van der Waals surface area contributed by atoms with Gasteiger partial charge in [0.25, 0.3) is 5.91 Å². The van der Waals surface area contributed by atoms with Crippen LogP contribution < -0.4 is 21.7 Å². The maximum atomic E-state index is 13.8. The largest absolute Gasteiger partial charge is 0.367 e. The van der Waals surface area contributed by atoms with E-state index in [1.807, 2.05) is 0 Å². The van der Waals surface area contributed by atoms with Gasteiger partial charge in [0, 0.05) is 28.2 Å². The van der Waals surface area contributed by atoms with Gasteiger partial charge in [0.2, 0.25) is 11.3 Å². The van der Waals surface area contributed by atoms with Crippen LogP contribution in [0.3, 0.4) is 0 Å². The molecule has 3 heterocycles. The van der Waals surface area contributed by atoms with Gasteiger partial charge in [-0.2, -0.15) is 5.10 Å². The number of nitrogens with two attached hydrogens (primary N) is 1. The second-order valence-electron chi connectivity index (χ2n) is 7.59. The average Bonchev–Trinajstić information content (AvgIpc) is 2.76. The Labute approximate surface area is 176 Å². The molecule has 1 aliphatic carbocycles. The zero-order valence-corrected chi connectivity index (χ0v) is 16.8. The van der Waals surface area contributed by atoms with Crippen molar-refractivity contribution in [3.63, 3.8) is 0 Å². The number of nitrogens with one attached hydrogen (secondary N) is 1. The summed E-state index contributed by atoms with van der Waals surface area (Å²) in [6, 6.07) is 11.8. The molecular formula is C23H17N5O3. The number of carbonyl (C=O) groups excluding carboxylic acids is 3. The number of aromatic nitrogens is 2. The van der Waals surface area contributed by atoms with Crippen molar-refractivity contribution in [1.82, 2.24) is 15.4 Å². The van der Waals surface area contributed by atoms with E-state index in [1.54, 1.807) is 50.2 Å². The Morgan fingerprint density at radius 1 is 1.06 bits per heavy atom. The van der Waals surface area contributed by atoms with Gasteiger partial charge in [0.1, 0.15) is 5.69 Å². The zero-order chi connectivity index (χ0) is 21.9. The Hall–Kier alpha value is -4.20. The standard InChI is InChI=1S/C23H17N5O3/c1-11-8-9-14-17-16(11)20(29)13-6-4-10-25-19(13)21(30)23(22(24)31,28-27-14)18(17)15-7-3-5-12(2)26-15/h3-10,28H,1-2H3,(H2,24,31). The number of amides is 1. The van der Waals surface area contributed by atoms with Crippen LogP contribution in [0, 0.1) is 13.8 Å². The van der Waals surface area contributed by atoms with E-state index in [0.717, 1.165) is 0 Å². The number of carbonyl (C=O) groups is 3. The van der Waals surface area contributed by atoms with Gasteiger partial charge in [-0.25, -0.2) is 0 Å². The van der Waals surface area contributed by atoms with E-state index in [1.165, 1.54) is 12.3 Å². The van der Waals surface area contributed by atoms with Gasteiger partial charge in [-0.3, -0.25) is 29.8 Å². The Balaban J connectivity index is 2.11. The Bertz CT molecular complexity index is 1460. The third-order valence-electron chi connectivity index (χ3n) is 5.71. The molecule has 3 aromatic rings. The molecule has 0 saturated heterocycles. The van der Waals surface area contributed by atoms with Gasteiger partial charge in [0.15, 0.2) is 5.78 Å². The minimum absolute atomic E-state index is 0.111. The first-order valence-electron chi connectivity index (χ1n) is 9.64. The average molecular weight is 411 g/mol. The van der Waals surface area contributed by atoms with Crippen LogP contribution in [0.2, 0.25) is 0 Å². The summed E-state index contributed by atoms with van der Waals surface area (Å²) in [5.41, 5.74) is 8.74. The number of rotatable bonds is 2. The lowest BCUT2D eigenvalue weighted by molar-refractivity contribution is -0.120. The number of pyridine rings is 2. The van der Waals surface area contributed by atoms with E-state index < -0.39 is 17.2 Å².